The SMILES string of the molecule is CCOc1ccc(C)cc1C(C)N/C=C(/C#N)C(=O)NC(C)c1ccccc1. The van der Waals surface area contributed by atoms with Crippen LogP contribution in [0, 0.1) is 18.3 Å². The molecule has 146 valence electrons. The molecule has 0 spiro atoms. The minimum Gasteiger partial charge on any atom is -0.494 e. The van der Waals surface area contributed by atoms with E-state index in [0.717, 1.165) is 22.4 Å². The van der Waals surface area contributed by atoms with Crippen LogP contribution in [0.25, 0.3) is 0 Å². The molecule has 0 saturated heterocycles. The van der Waals surface area contributed by atoms with Gasteiger partial charge in [0.2, 0.25) is 0 Å². The predicted molar refractivity (Wildman–Crippen MR) is 111 cm³/mol. The number of carbonyl (C=O) groups is 1. The van der Waals surface area contributed by atoms with Gasteiger partial charge in [0.25, 0.3) is 5.91 Å². The van der Waals surface area contributed by atoms with Crippen LogP contribution in [-0.4, -0.2) is 12.5 Å². The number of rotatable bonds is 8. The first-order chi connectivity index (χ1) is 13.5. The normalized spacial score (nSPS) is 13.2. The van der Waals surface area contributed by atoms with Crippen molar-refractivity contribution in [3.05, 3.63) is 77.0 Å². The van der Waals surface area contributed by atoms with Crippen molar-refractivity contribution >= 4 is 5.91 Å². The molecular formula is C23H27N3O2. The second-order valence-corrected chi connectivity index (χ2v) is 6.64. The highest BCUT2D eigenvalue weighted by Gasteiger charge is 2.15. The highest BCUT2D eigenvalue weighted by molar-refractivity contribution is 5.97. The van der Waals surface area contributed by atoms with Crippen molar-refractivity contribution in [2.45, 2.75) is 39.8 Å². The molecule has 2 atom stereocenters. The molecule has 0 aliphatic carbocycles. The van der Waals surface area contributed by atoms with Crippen LogP contribution in [0.2, 0.25) is 0 Å². The highest BCUT2D eigenvalue weighted by atomic mass is 16.5. The summed E-state index contributed by atoms with van der Waals surface area (Å²) < 4.78 is 5.69. The van der Waals surface area contributed by atoms with E-state index in [1.54, 1.807) is 0 Å². The summed E-state index contributed by atoms with van der Waals surface area (Å²) in [6.07, 6.45) is 1.47. The molecule has 0 heterocycles. The van der Waals surface area contributed by atoms with E-state index in [-0.39, 0.29) is 17.7 Å². The average molecular weight is 377 g/mol. The molecule has 28 heavy (non-hydrogen) atoms. The minimum absolute atomic E-state index is 0.0280. The molecule has 0 bridgehead atoms. The van der Waals surface area contributed by atoms with Crippen LogP contribution < -0.4 is 15.4 Å². The Morgan fingerprint density at radius 1 is 1.18 bits per heavy atom. The summed E-state index contributed by atoms with van der Waals surface area (Å²) in [6, 6.07) is 17.3. The first-order valence-corrected chi connectivity index (χ1v) is 9.41. The summed E-state index contributed by atoms with van der Waals surface area (Å²) in [5, 5.41) is 15.4. The van der Waals surface area contributed by atoms with Crippen molar-refractivity contribution in [3.63, 3.8) is 0 Å². The summed E-state index contributed by atoms with van der Waals surface area (Å²) in [5.74, 6) is 0.384. The van der Waals surface area contributed by atoms with Crippen molar-refractivity contribution in [3.8, 4) is 11.8 Å². The summed E-state index contributed by atoms with van der Waals surface area (Å²) in [6.45, 7) is 8.38. The van der Waals surface area contributed by atoms with Crippen LogP contribution in [0.5, 0.6) is 5.75 Å². The lowest BCUT2D eigenvalue weighted by atomic mass is 10.0. The van der Waals surface area contributed by atoms with Gasteiger partial charge >= 0.3 is 0 Å². The molecule has 2 aromatic rings. The fourth-order valence-electron chi connectivity index (χ4n) is 2.84. The maximum Gasteiger partial charge on any atom is 0.263 e. The van der Waals surface area contributed by atoms with Crippen molar-refractivity contribution in [1.29, 1.82) is 5.26 Å². The summed E-state index contributed by atoms with van der Waals surface area (Å²) in [4.78, 5) is 12.5. The van der Waals surface area contributed by atoms with Gasteiger partial charge in [-0.2, -0.15) is 5.26 Å². The Kier molecular flexibility index (Phi) is 7.65. The maximum absolute atomic E-state index is 12.5. The molecule has 2 aromatic carbocycles. The van der Waals surface area contributed by atoms with Gasteiger partial charge in [0.15, 0.2) is 0 Å². The van der Waals surface area contributed by atoms with E-state index in [0.29, 0.717) is 6.61 Å². The largest absolute Gasteiger partial charge is 0.494 e. The number of nitriles is 1. The zero-order valence-electron chi connectivity index (χ0n) is 16.8. The van der Waals surface area contributed by atoms with E-state index in [9.17, 15) is 10.1 Å². The number of carbonyl (C=O) groups excluding carboxylic acids is 1. The van der Waals surface area contributed by atoms with Crippen LogP contribution in [0.15, 0.2) is 60.3 Å². The molecule has 5 heteroatoms. The summed E-state index contributed by atoms with van der Waals surface area (Å²) in [5.41, 5.74) is 3.11. The Labute approximate surface area is 167 Å². The van der Waals surface area contributed by atoms with Gasteiger partial charge < -0.3 is 15.4 Å². The second kappa shape index (κ2) is 10.2. The van der Waals surface area contributed by atoms with Gasteiger partial charge in [-0.05, 0) is 39.3 Å². The molecule has 0 radical (unpaired) electrons. The van der Waals surface area contributed by atoms with Gasteiger partial charge in [-0.25, -0.2) is 0 Å². The van der Waals surface area contributed by atoms with Gasteiger partial charge in [0.1, 0.15) is 17.4 Å². The fourth-order valence-corrected chi connectivity index (χ4v) is 2.84. The quantitative estimate of drug-likeness (QED) is 0.530. The Balaban J connectivity index is 2.09. The molecule has 0 fully saturated rings. The monoisotopic (exact) mass is 377 g/mol. The molecule has 2 unspecified atom stereocenters. The lowest BCUT2D eigenvalue weighted by Gasteiger charge is -2.18. The predicted octanol–water partition coefficient (Wildman–Crippen LogP) is 4.33. The number of aryl methyl sites for hydroxylation is 1. The molecular weight excluding hydrogens is 350 g/mol. The van der Waals surface area contributed by atoms with E-state index in [4.69, 9.17) is 4.74 Å². The molecule has 0 aliphatic heterocycles. The van der Waals surface area contributed by atoms with Crippen molar-refractivity contribution in [2.75, 3.05) is 6.61 Å². The van der Waals surface area contributed by atoms with E-state index in [1.807, 2.05) is 82.3 Å². The zero-order valence-corrected chi connectivity index (χ0v) is 16.8. The zero-order chi connectivity index (χ0) is 20.5. The Morgan fingerprint density at radius 3 is 2.54 bits per heavy atom. The average Bonchev–Trinajstić information content (AvgIpc) is 2.70. The van der Waals surface area contributed by atoms with E-state index >= 15 is 0 Å². The number of amides is 1. The van der Waals surface area contributed by atoms with Gasteiger partial charge in [0, 0.05) is 11.8 Å². The Hall–Kier alpha value is -3.26. The Morgan fingerprint density at radius 2 is 1.89 bits per heavy atom. The van der Waals surface area contributed by atoms with E-state index in [2.05, 4.69) is 10.6 Å². The minimum atomic E-state index is -0.409. The highest BCUT2D eigenvalue weighted by Crippen LogP contribution is 2.26. The fraction of sp³-hybridized carbons (Fsp3) is 0.304. The number of hydrogen-bond acceptors (Lipinski definition) is 4. The molecule has 2 rings (SSSR count). The molecule has 0 aliphatic rings. The molecule has 1 amide bonds. The van der Waals surface area contributed by atoms with Gasteiger partial charge in [-0.1, -0.05) is 48.0 Å². The van der Waals surface area contributed by atoms with Crippen LogP contribution in [0.4, 0.5) is 0 Å². The van der Waals surface area contributed by atoms with Crippen LogP contribution >= 0.6 is 0 Å². The van der Waals surface area contributed by atoms with Gasteiger partial charge in [0.05, 0.1) is 18.7 Å². The molecule has 5 nitrogen and oxygen atoms in total. The molecule has 0 saturated carbocycles. The number of benzene rings is 2. The third-order valence-corrected chi connectivity index (χ3v) is 4.42. The number of ether oxygens (including phenoxy) is 1. The van der Waals surface area contributed by atoms with Gasteiger partial charge in [-0.3, -0.25) is 4.79 Å². The van der Waals surface area contributed by atoms with Gasteiger partial charge in [-0.15, -0.1) is 0 Å². The lowest BCUT2D eigenvalue weighted by Crippen LogP contribution is -2.28. The Bertz CT molecular complexity index is 869. The van der Waals surface area contributed by atoms with E-state index in [1.165, 1.54) is 6.20 Å². The van der Waals surface area contributed by atoms with E-state index < -0.39 is 5.91 Å². The van der Waals surface area contributed by atoms with Crippen molar-refractivity contribution in [1.82, 2.24) is 10.6 Å². The third-order valence-electron chi connectivity index (χ3n) is 4.42. The summed E-state index contributed by atoms with van der Waals surface area (Å²) >= 11 is 0. The second-order valence-electron chi connectivity index (χ2n) is 6.64. The number of nitrogens with zero attached hydrogens (tertiary/aromatic N) is 1. The number of hydrogen-bond donors (Lipinski definition) is 2. The topological polar surface area (TPSA) is 74.1 Å². The third kappa shape index (κ3) is 5.62. The van der Waals surface area contributed by atoms with Crippen LogP contribution in [-0.2, 0) is 4.79 Å². The molecule has 0 aromatic heterocycles. The number of nitrogens with one attached hydrogen (secondary N) is 2. The maximum atomic E-state index is 12.5. The first kappa shape index (κ1) is 21.0. The van der Waals surface area contributed by atoms with Crippen LogP contribution in [0.1, 0.15) is 49.5 Å². The van der Waals surface area contributed by atoms with Crippen molar-refractivity contribution in [2.24, 2.45) is 0 Å². The van der Waals surface area contributed by atoms with Crippen molar-refractivity contribution < 1.29 is 9.53 Å². The smallest absolute Gasteiger partial charge is 0.263 e. The molecule has 2 N–H and O–H groups in total. The van der Waals surface area contributed by atoms with Crippen LogP contribution in [0.3, 0.4) is 0 Å². The standard InChI is InChI=1S/C23H27N3O2/c1-5-28-22-12-11-16(2)13-21(22)18(4)25-15-20(14-24)23(27)26-17(3)19-9-7-6-8-10-19/h6-13,15,17-18,25H,5H2,1-4H3,(H,26,27)/b20-15-. The first-order valence-electron chi connectivity index (χ1n) is 9.41. The lowest BCUT2D eigenvalue weighted by molar-refractivity contribution is -0.117. The summed E-state index contributed by atoms with van der Waals surface area (Å²) in [7, 11) is 0.